The molecule has 3 heterocycles. The van der Waals surface area contributed by atoms with E-state index in [2.05, 4.69) is 4.90 Å². The van der Waals surface area contributed by atoms with Crippen molar-refractivity contribution in [2.24, 2.45) is 0 Å². The molecule has 1 amide bonds. The Bertz CT molecular complexity index is 499. The van der Waals surface area contributed by atoms with Gasteiger partial charge in [0, 0.05) is 19.1 Å². The number of carbonyl (C=O) groups is 1. The highest BCUT2D eigenvalue weighted by Crippen LogP contribution is 2.26. The normalized spacial score (nSPS) is 24.5. The molecule has 0 saturated carbocycles. The first kappa shape index (κ1) is 17.5. The van der Waals surface area contributed by atoms with Gasteiger partial charge in [0.1, 0.15) is 11.9 Å². The number of aliphatic hydroxyl groups is 1. The van der Waals surface area contributed by atoms with Crippen LogP contribution in [0, 0.1) is 0 Å². The lowest BCUT2D eigenvalue weighted by molar-refractivity contribution is -0.137. The van der Waals surface area contributed by atoms with Crippen LogP contribution in [-0.2, 0) is 9.53 Å². The highest BCUT2D eigenvalue weighted by molar-refractivity contribution is 5.78. The molecule has 0 aromatic carbocycles. The zero-order valence-corrected chi connectivity index (χ0v) is 14.2. The molecule has 0 radical (unpaired) electrons. The van der Waals surface area contributed by atoms with Gasteiger partial charge in [0.2, 0.25) is 5.91 Å². The number of furan rings is 1. The van der Waals surface area contributed by atoms with Crippen LogP contribution >= 0.6 is 0 Å². The Morgan fingerprint density at radius 2 is 2.08 bits per heavy atom. The zero-order chi connectivity index (χ0) is 16.8. The van der Waals surface area contributed by atoms with Crippen LogP contribution < -0.4 is 0 Å². The van der Waals surface area contributed by atoms with Gasteiger partial charge in [-0.3, -0.25) is 9.69 Å². The van der Waals surface area contributed by atoms with Gasteiger partial charge in [0.25, 0.3) is 0 Å². The molecule has 1 aromatic rings. The molecule has 2 saturated heterocycles. The molecule has 0 bridgehead atoms. The van der Waals surface area contributed by atoms with Gasteiger partial charge < -0.3 is 19.2 Å². The summed E-state index contributed by atoms with van der Waals surface area (Å²) in [7, 11) is 0. The second-order valence-corrected chi connectivity index (χ2v) is 6.73. The van der Waals surface area contributed by atoms with E-state index in [1.165, 1.54) is 6.42 Å². The second kappa shape index (κ2) is 8.65. The van der Waals surface area contributed by atoms with Gasteiger partial charge in [-0.05, 0) is 37.9 Å². The fourth-order valence-electron chi connectivity index (χ4n) is 3.65. The number of amides is 1. The number of hydrogen-bond donors (Lipinski definition) is 1. The fourth-order valence-corrected chi connectivity index (χ4v) is 3.65. The van der Waals surface area contributed by atoms with Crippen molar-refractivity contribution in [3.8, 4) is 0 Å². The minimum absolute atomic E-state index is 0.178. The topological polar surface area (TPSA) is 66.2 Å². The molecule has 6 heteroatoms. The molecule has 2 atom stereocenters. The number of morpholine rings is 1. The minimum Gasteiger partial charge on any atom is -0.467 e. The van der Waals surface area contributed by atoms with E-state index in [-0.39, 0.29) is 11.9 Å². The maximum absolute atomic E-state index is 12.6. The third-order valence-corrected chi connectivity index (χ3v) is 5.07. The number of likely N-dealkylation sites (tertiary alicyclic amines) is 1. The molecule has 2 aliphatic heterocycles. The number of nitrogens with zero attached hydrogens (tertiary/aromatic N) is 2. The monoisotopic (exact) mass is 336 g/mol. The Hall–Kier alpha value is -1.37. The Balaban J connectivity index is 1.60. The van der Waals surface area contributed by atoms with Gasteiger partial charge in [-0.2, -0.15) is 0 Å². The first-order valence-electron chi connectivity index (χ1n) is 9.05. The molecule has 0 spiro atoms. The van der Waals surface area contributed by atoms with Crippen LogP contribution in [0.1, 0.15) is 44.0 Å². The van der Waals surface area contributed by atoms with Gasteiger partial charge >= 0.3 is 0 Å². The first-order chi connectivity index (χ1) is 11.7. The number of rotatable bonds is 5. The van der Waals surface area contributed by atoms with Crippen molar-refractivity contribution in [2.75, 3.05) is 39.4 Å². The standard InChI is InChI=1S/C18H28N2O4/c21-16(17-6-4-10-24-17)13-15-5-2-1-3-7-20(15)14-18(22)19-8-11-23-12-9-19/h4,6,10,15-16,21H,1-3,5,7-9,11-14H2/t15-,16-/m0/s1. The van der Waals surface area contributed by atoms with E-state index in [1.807, 2.05) is 11.0 Å². The van der Waals surface area contributed by atoms with Gasteiger partial charge in [-0.25, -0.2) is 0 Å². The Morgan fingerprint density at radius 3 is 2.83 bits per heavy atom. The van der Waals surface area contributed by atoms with Crippen molar-refractivity contribution in [1.82, 2.24) is 9.80 Å². The SMILES string of the molecule is O=C(CN1CCCCC[C@H]1C[C@H](O)c1ccco1)N1CCOCC1. The van der Waals surface area contributed by atoms with Gasteiger partial charge in [-0.1, -0.05) is 12.8 Å². The lowest BCUT2D eigenvalue weighted by atomic mass is 10.0. The number of hydrogen-bond acceptors (Lipinski definition) is 5. The Morgan fingerprint density at radius 1 is 1.25 bits per heavy atom. The van der Waals surface area contributed by atoms with E-state index >= 15 is 0 Å². The fraction of sp³-hybridized carbons (Fsp3) is 0.722. The summed E-state index contributed by atoms with van der Waals surface area (Å²) in [6, 6.07) is 3.83. The van der Waals surface area contributed by atoms with Crippen molar-refractivity contribution in [3.63, 3.8) is 0 Å². The largest absolute Gasteiger partial charge is 0.467 e. The van der Waals surface area contributed by atoms with Crippen molar-refractivity contribution in [3.05, 3.63) is 24.2 Å². The summed E-state index contributed by atoms with van der Waals surface area (Å²) in [5, 5.41) is 10.4. The zero-order valence-electron chi connectivity index (χ0n) is 14.2. The van der Waals surface area contributed by atoms with E-state index < -0.39 is 6.10 Å². The summed E-state index contributed by atoms with van der Waals surface area (Å²) in [5.41, 5.74) is 0. The van der Waals surface area contributed by atoms with Crippen LogP contribution in [0.15, 0.2) is 22.8 Å². The van der Waals surface area contributed by atoms with E-state index in [0.29, 0.717) is 45.0 Å². The lowest BCUT2D eigenvalue weighted by Crippen LogP contribution is -2.48. The summed E-state index contributed by atoms with van der Waals surface area (Å²) in [6.45, 7) is 4.00. The number of ether oxygens (including phenoxy) is 1. The molecule has 2 fully saturated rings. The van der Waals surface area contributed by atoms with Crippen LogP contribution in [0.2, 0.25) is 0 Å². The molecule has 24 heavy (non-hydrogen) atoms. The summed E-state index contributed by atoms with van der Waals surface area (Å²) in [5.74, 6) is 0.788. The average molecular weight is 336 g/mol. The predicted molar refractivity (Wildman–Crippen MR) is 89.5 cm³/mol. The first-order valence-corrected chi connectivity index (χ1v) is 9.05. The third kappa shape index (κ3) is 4.59. The highest BCUT2D eigenvalue weighted by Gasteiger charge is 2.28. The van der Waals surface area contributed by atoms with Crippen molar-refractivity contribution >= 4 is 5.91 Å². The van der Waals surface area contributed by atoms with E-state index in [4.69, 9.17) is 9.15 Å². The number of aliphatic hydroxyl groups excluding tert-OH is 1. The van der Waals surface area contributed by atoms with Crippen molar-refractivity contribution < 1.29 is 19.1 Å². The van der Waals surface area contributed by atoms with E-state index in [9.17, 15) is 9.90 Å². The second-order valence-electron chi connectivity index (χ2n) is 6.73. The summed E-state index contributed by atoms with van der Waals surface area (Å²) in [4.78, 5) is 16.7. The molecule has 1 aromatic heterocycles. The van der Waals surface area contributed by atoms with E-state index in [0.717, 1.165) is 25.8 Å². The molecule has 0 unspecified atom stereocenters. The smallest absolute Gasteiger partial charge is 0.236 e. The number of carbonyl (C=O) groups excluding carboxylic acids is 1. The quantitative estimate of drug-likeness (QED) is 0.888. The van der Waals surface area contributed by atoms with E-state index in [1.54, 1.807) is 12.3 Å². The predicted octanol–water partition coefficient (Wildman–Crippen LogP) is 1.81. The Labute approximate surface area is 143 Å². The molecule has 134 valence electrons. The molecule has 2 aliphatic rings. The maximum atomic E-state index is 12.6. The van der Waals surface area contributed by atoms with Crippen LogP contribution in [-0.4, -0.2) is 66.2 Å². The lowest BCUT2D eigenvalue weighted by Gasteiger charge is -2.34. The summed E-state index contributed by atoms with van der Waals surface area (Å²) in [6.07, 6.45) is 6.07. The molecule has 0 aliphatic carbocycles. The molecule has 1 N–H and O–H groups in total. The van der Waals surface area contributed by atoms with Gasteiger partial charge in [-0.15, -0.1) is 0 Å². The minimum atomic E-state index is -0.607. The van der Waals surface area contributed by atoms with Crippen molar-refractivity contribution in [2.45, 2.75) is 44.2 Å². The van der Waals surface area contributed by atoms with Crippen molar-refractivity contribution in [1.29, 1.82) is 0 Å². The maximum Gasteiger partial charge on any atom is 0.236 e. The van der Waals surface area contributed by atoms with Crippen LogP contribution in [0.25, 0.3) is 0 Å². The van der Waals surface area contributed by atoms with Crippen LogP contribution in [0.4, 0.5) is 0 Å². The van der Waals surface area contributed by atoms with Crippen LogP contribution in [0.3, 0.4) is 0 Å². The third-order valence-electron chi connectivity index (χ3n) is 5.07. The summed E-state index contributed by atoms with van der Waals surface area (Å²) < 4.78 is 10.6. The highest BCUT2D eigenvalue weighted by atomic mass is 16.5. The summed E-state index contributed by atoms with van der Waals surface area (Å²) >= 11 is 0. The Kier molecular flexibility index (Phi) is 6.29. The molecule has 3 rings (SSSR count). The van der Waals surface area contributed by atoms with Gasteiger partial charge in [0.05, 0.1) is 26.0 Å². The molecule has 6 nitrogen and oxygen atoms in total. The van der Waals surface area contributed by atoms with Crippen LogP contribution in [0.5, 0.6) is 0 Å². The molecular formula is C18H28N2O4. The molecular weight excluding hydrogens is 308 g/mol. The van der Waals surface area contributed by atoms with Gasteiger partial charge in [0.15, 0.2) is 0 Å². The average Bonchev–Trinajstić information content (AvgIpc) is 3.07.